The molecule has 0 spiro atoms. The number of hydrogen-bond donors (Lipinski definition) is 1. The number of nitrogens with zero attached hydrogens (tertiary/aromatic N) is 2. The maximum Gasteiger partial charge on any atom is 0.221 e. The Morgan fingerprint density at radius 2 is 1.80 bits per heavy atom. The molecule has 0 unspecified atom stereocenters. The van der Waals surface area contributed by atoms with Gasteiger partial charge >= 0.3 is 0 Å². The number of unbranched alkanes of at least 4 members (excludes halogenated alkanes) is 4. The van der Waals surface area contributed by atoms with Crippen LogP contribution in [0.5, 0.6) is 5.88 Å². The zero-order chi connectivity index (χ0) is 14.6. The van der Waals surface area contributed by atoms with Gasteiger partial charge in [0.1, 0.15) is 12.1 Å². The first-order valence-electron chi connectivity index (χ1n) is 8.03. The number of rotatable bonds is 11. The molecule has 4 heteroatoms. The molecule has 0 atom stereocenters. The zero-order valence-corrected chi connectivity index (χ0v) is 13.2. The van der Waals surface area contributed by atoms with Gasteiger partial charge in [0.05, 0.1) is 12.2 Å². The first-order valence-corrected chi connectivity index (χ1v) is 8.03. The highest BCUT2D eigenvalue weighted by Gasteiger charge is 2.11. The van der Waals surface area contributed by atoms with Crippen LogP contribution >= 0.6 is 0 Å². The average Bonchev–Trinajstić information content (AvgIpc) is 2.46. The van der Waals surface area contributed by atoms with E-state index in [0.29, 0.717) is 0 Å². The topological polar surface area (TPSA) is 47.0 Å². The Morgan fingerprint density at radius 3 is 2.50 bits per heavy atom. The highest BCUT2D eigenvalue weighted by atomic mass is 16.5. The van der Waals surface area contributed by atoms with Crippen molar-refractivity contribution in [3.05, 3.63) is 11.9 Å². The van der Waals surface area contributed by atoms with E-state index in [2.05, 4.69) is 36.1 Å². The van der Waals surface area contributed by atoms with Gasteiger partial charge in [-0.3, -0.25) is 0 Å². The fourth-order valence-electron chi connectivity index (χ4n) is 2.19. The maximum absolute atomic E-state index is 5.87. The molecule has 1 aromatic rings. The lowest BCUT2D eigenvalue weighted by Crippen LogP contribution is -2.08. The van der Waals surface area contributed by atoms with Crippen LogP contribution in [0.1, 0.15) is 64.9 Å². The Hall–Kier alpha value is -1.32. The molecule has 20 heavy (non-hydrogen) atoms. The van der Waals surface area contributed by atoms with E-state index in [-0.39, 0.29) is 0 Å². The molecule has 1 N–H and O–H groups in total. The molecule has 0 saturated carbocycles. The summed E-state index contributed by atoms with van der Waals surface area (Å²) in [7, 11) is 0. The van der Waals surface area contributed by atoms with Crippen molar-refractivity contribution < 1.29 is 4.74 Å². The van der Waals surface area contributed by atoms with E-state index in [1.54, 1.807) is 6.33 Å². The normalized spacial score (nSPS) is 10.6. The van der Waals surface area contributed by atoms with Crippen LogP contribution in [0.4, 0.5) is 5.82 Å². The lowest BCUT2D eigenvalue weighted by atomic mass is 10.1. The Balaban J connectivity index is 2.52. The average molecular weight is 279 g/mol. The summed E-state index contributed by atoms with van der Waals surface area (Å²) in [6, 6.07) is 0. The molecular weight excluding hydrogens is 250 g/mol. The molecule has 0 amide bonds. The van der Waals surface area contributed by atoms with Crippen molar-refractivity contribution in [2.75, 3.05) is 18.5 Å². The highest BCUT2D eigenvalue weighted by molar-refractivity contribution is 5.48. The van der Waals surface area contributed by atoms with E-state index in [1.165, 1.54) is 25.7 Å². The van der Waals surface area contributed by atoms with Crippen molar-refractivity contribution in [1.29, 1.82) is 0 Å². The minimum absolute atomic E-state index is 0.753. The number of hydrogen-bond acceptors (Lipinski definition) is 4. The van der Waals surface area contributed by atoms with Gasteiger partial charge in [0, 0.05) is 6.54 Å². The number of ether oxygens (including phenoxy) is 1. The third-order valence-corrected chi connectivity index (χ3v) is 3.24. The van der Waals surface area contributed by atoms with E-state index in [4.69, 9.17) is 4.74 Å². The van der Waals surface area contributed by atoms with Crippen molar-refractivity contribution in [3.8, 4) is 5.88 Å². The monoisotopic (exact) mass is 279 g/mol. The third kappa shape index (κ3) is 5.76. The summed E-state index contributed by atoms with van der Waals surface area (Å²) in [6.45, 7) is 8.09. The minimum Gasteiger partial charge on any atom is -0.477 e. The molecule has 0 aliphatic carbocycles. The minimum atomic E-state index is 0.753. The van der Waals surface area contributed by atoms with Crippen LogP contribution < -0.4 is 10.1 Å². The van der Waals surface area contributed by atoms with Gasteiger partial charge in [-0.1, -0.05) is 46.0 Å². The summed E-state index contributed by atoms with van der Waals surface area (Å²) in [5.74, 6) is 1.68. The quantitative estimate of drug-likeness (QED) is 0.616. The number of nitrogens with one attached hydrogen (secondary N) is 1. The lowest BCUT2D eigenvalue weighted by Gasteiger charge is -2.13. The largest absolute Gasteiger partial charge is 0.477 e. The summed E-state index contributed by atoms with van der Waals surface area (Å²) >= 11 is 0. The van der Waals surface area contributed by atoms with E-state index in [1.807, 2.05) is 0 Å². The van der Waals surface area contributed by atoms with E-state index >= 15 is 0 Å². The lowest BCUT2D eigenvalue weighted by molar-refractivity contribution is 0.289. The number of anilines is 1. The molecule has 0 fully saturated rings. The molecule has 0 radical (unpaired) electrons. The Kier molecular flexibility index (Phi) is 8.76. The second kappa shape index (κ2) is 10.5. The fraction of sp³-hybridized carbons (Fsp3) is 0.750. The standard InChI is InChI=1S/C16H29N3O/c1-4-7-8-9-10-12-20-16-14(11-5-2)15(17-6-3)18-13-19-16/h13H,4-12H2,1-3H3,(H,17,18,19). The fourth-order valence-corrected chi connectivity index (χ4v) is 2.19. The molecule has 1 aromatic heterocycles. The first kappa shape index (κ1) is 16.7. The Labute approximate surface area is 123 Å². The van der Waals surface area contributed by atoms with Gasteiger partial charge in [-0.25, -0.2) is 9.97 Å². The van der Waals surface area contributed by atoms with Gasteiger partial charge in [0.25, 0.3) is 0 Å². The first-order chi connectivity index (χ1) is 9.83. The van der Waals surface area contributed by atoms with Crippen LogP contribution in [0.15, 0.2) is 6.33 Å². The van der Waals surface area contributed by atoms with Crippen LogP contribution in [0.3, 0.4) is 0 Å². The van der Waals surface area contributed by atoms with E-state index < -0.39 is 0 Å². The van der Waals surface area contributed by atoms with Gasteiger partial charge in [0.15, 0.2) is 0 Å². The second-order valence-electron chi connectivity index (χ2n) is 5.05. The molecule has 1 rings (SSSR count). The molecule has 0 saturated heterocycles. The van der Waals surface area contributed by atoms with E-state index in [9.17, 15) is 0 Å². The molecule has 0 aromatic carbocycles. The molecular formula is C16H29N3O. The van der Waals surface area contributed by atoms with Gasteiger partial charge in [-0.15, -0.1) is 0 Å². The molecule has 0 aliphatic rings. The Morgan fingerprint density at radius 1 is 1.00 bits per heavy atom. The van der Waals surface area contributed by atoms with Crippen LogP contribution in [0.2, 0.25) is 0 Å². The van der Waals surface area contributed by atoms with Gasteiger partial charge in [-0.05, 0) is 19.8 Å². The maximum atomic E-state index is 5.87. The third-order valence-electron chi connectivity index (χ3n) is 3.24. The van der Waals surface area contributed by atoms with Crippen molar-refractivity contribution in [2.24, 2.45) is 0 Å². The van der Waals surface area contributed by atoms with Gasteiger partial charge < -0.3 is 10.1 Å². The zero-order valence-electron chi connectivity index (χ0n) is 13.2. The van der Waals surface area contributed by atoms with E-state index in [0.717, 1.165) is 49.7 Å². The summed E-state index contributed by atoms with van der Waals surface area (Å²) in [4.78, 5) is 8.62. The van der Waals surface area contributed by atoms with Crippen molar-refractivity contribution in [2.45, 2.75) is 65.7 Å². The SMILES string of the molecule is CCCCCCCOc1ncnc(NCC)c1CCC. The summed E-state index contributed by atoms with van der Waals surface area (Å²) in [6.07, 6.45) is 9.84. The van der Waals surface area contributed by atoms with Crippen LogP contribution in [-0.4, -0.2) is 23.1 Å². The van der Waals surface area contributed by atoms with Crippen molar-refractivity contribution in [1.82, 2.24) is 9.97 Å². The Bertz CT molecular complexity index is 369. The predicted molar refractivity (Wildman–Crippen MR) is 84.4 cm³/mol. The highest BCUT2D eigenvalue weighted by Crippen LogP contribution is 2.23. The van der Waals surface area contributed by atoms with Gasteiger partial charge in [0.2, 0.25) is 5.88 Å². The number of aromatic nitrogens is 2. The summed E-state index contributed by atoms with van der Waals surface area (Å²) in [5.41, 5.74) is 1.12. The smallest absolute Gasteiger partial charge is 0.221 e. The molecule has 1 heterocycles. The van der Waals surface area contributed by atoms with Crippen LogP contribution in [0.25, 0.3) is 0 Å². The van der Waals surface area contributed by atoms with Crippen LogP contribution in [-0.2, 0) is 6.42 Å². The molecule has 0 bridgehead atoms. The molecule has 114 valence electrons. The van der Waals surface area contributed by atoms with Crippen molar-refractivity contribution >= 4 is 5.82 Å². The summed E-state index contributed by atoms with van der Waals surface area (Å²) < 4.78 is 5.87. The molecule has 4 nitrogen and oxygen atoms in total. The summed E-state index contributed by atoms with van der Waals surface area (Å²) in [5, 5.41) is 3.29. The van der Waals surface area contributed by atoms with Crippen molar-refractivity contribution in [3.63, 3.8) is 0 Å². The van der Waals surface area contributed by atoms with Crippen LogP contribution in [0, 0.1) is 0 Å². The predicted octanol–water partition coefficient (Wildman–Crippen LogP) is 4.21. The molecule has 0 aliphatic heterocycles. The second-order valence-corrected chi connectivity index (χ2v) is 5.05. The van der Waals surface area contributed by atoms with Gasteiger partial charge in [-0.2, -0.15) is 0 Å².